The smallest absolute Gasteiger partial charge is 0.264 e. The van der Waals surface area contributed by atoms with E-state index in [1.165, 1.54) is 120 Å². The highest BCUT2D eigenvalue weighted by Crippen LogP contribution is 2.50. The summed E-state index contributed by atoms with van der Waals surface area (Å²) in [5.74, 6) is 0. The van der Waals surface area contributed by atoms with Crippen molar-refractivity contribution in [2.24, 2.45) is 0 Å². The summed E-state index contributed by atoms with van der Waals surface area (Å²) >= 11 is 1.98. The Kier molecular flexibility index (Phi) is 7.52. The first-order chi connectivity index (χ1) is 30.5. The van der Waals surface area contributed by atoms with Crippen molar-refractivity contribution in [3.63, 3.8) is 0 Å². The van der Waals surface area contributed by atoms with Gasteiger partial charge in [-0.25, -0.2) is 0 Å². The van der Waals surface area contributed by atoms with E-state index in [1.54, 1.807) is 0 Å². The zero-order valence-electron chi connectivity index (χ0n) is 36.5. The van der Waals surface area contributed by atoms with Crippen molar-refractivity contribution < 1.29 is 0 Å². The normalized spacial score (nSPS) is 13.5. The van der Waals surface area contributed by atoms with Gasteiger partial charge in [-0.15, -0.1) is 11.3 Å². The Morgan fingerprint density at radius 1 is 0.460 bits per heavy atom. The number of hydrogen-bond acceptors (Lipinski definition) is 2. The van der Waals surface area contributed by atoms with Crippen molar-refractivity contribution in [3.8, 4) is 22.5 Å². The van der Waals surface area contributed by atoms with E-state index in [0.29, 0.717) is 0 Å². The number of anilines is 3. The number of benzene rings is 8. The highest BCUT2D eigenvalue weighted by atomic mass is 32.1. The molecular weight excluding hydrogens is 782 g/mol. The van der Waals surface area contributed by atoms with Crippen LogP contribution in [0.4, 0.5) is 17.1 Å². The van der Waals surface area contributed by atoms with Gasteiger partial charge >= 0.3 is 0 Å². The highest BCUT2D eigenvalue weighted by molar-refractivity contribution is 7.33. The number of nitrogens with zero attached hydrogens (tertiary/aromatic N) is 3. The predicted molar refractivity (Wildman–Crippen MR) is 273 cm³/mol. The maximum absolute atomic E-state index is 2.63. The molecule has 0 saturated carbocycles. The molecule has 0 atom stereocenters. The fourth-order valence-electron chi connectivity index (χ4n) is 11.0. The molecule has 0 amide bonds. The van der Waals surface area contributed by atoms with Crippen LogP contribution in [-0.4, -0.2) is 15.8 Å². The second kappa shape index (κ2) is 12.9. The van der Waals surface area contributed by atoms with E-state index in [4.69, 9.17) is 0 Å². The molecule has 0 N–H and O–H groups in total. The van der Waals surface area contributed by atoms with Gasteiger partial charge in [-0.05, 0) is 105 Å². The van der Waals surface area contributed by atoms with Crippen molar-refractivity contribution in [2.75, 3.05) is 4.90 Å². The molecular formula is C58H46BN3S. The van der Waals surface area contributed by atoms with Crippen LogP contribution in [0.2, 0.25) is 0 Å². The average molecular weight is 828 g/mol. The topological polar surface area (TPSA) is 13.1 Å². The third-order valence-corrected chi connectivity index (χ3v) is 15.2. The number of thiophene rings is 1. The Hall–Kier alpha value is -6.82. The molecule has 0 radical (unpaired) electrons. The Bertz CT molecular complexity index is 3690. The molecule has 63 heavy (non-hydrogen) atoms. The zero-order chi connectivity index (χ0) is 42.5. The molecule has 0 bridgehead atoms. The lowest BCUT2D eigenvalue weighted by molar-refractivity contribution is 0.590. The molecule has 302 valence electrons. The van der Waals surface area contributed by atoms with Crippen LogP contribution in [0.5, 0.6) is 0 Å². The van der Waals surface area contributed by atoms with Gasteiger partial charge in [-0.1, -0.05) is 151 Å². The van der Waals surface area contributed by atoms with E-state index in [2.05, 4.69) is 225 Å². The molecule has 3 aromatic heterocycles. The summed E-state index contributed by atoms with van der Waals surface area (Å²) in [4.78, 5) is 2.63. The van der Waals surface area contributed by atoms with E-state index in [9.17, 15) is 0 Å². The van der Waals surface area contributed by atoms with Crippen molar-refractivity contribution in [1.82, 2.24) is 9.13 Å². The van der Waals surface area contributed by atoms with Crippen LogP contribution in [0.3, 0.4) is 0 Å². The number of fused-ring (bicyclic) bond motifs is 13. The van der Waals surface area contributed by atoms with Crippen molar-refractivity contribution >= 4 is 105 Å². The van der Waals surface area contributed by atoms with Crippen LogP contribution in [0.15, 0.2) is 170 Å². The first kappa shape index (κ1) is 36.8. The van der Waals surface area contributed by atoms with Crippen molar-refractivity contribution in [3.05, 3.63) is 181 Å². The number of rotatable bonds is 3. The van der Waals surface area contributed by atoms with Crippen LogP contribution in [0.1, 0.15) is 52.7 Å². The molecule has 3 nitrogen and oxygen atoms in total. The fourth-order valence-corrected chi connectivity index (χ4v) is 12.3. The molecule has 5 heterocycles. The molecule has 0 fully saturated rings. The molecule has 0 aliphatic carbocycles. The van der Waals surface area contributed by atoms with Gasteiger partial charge in [0.1, 0.15) is 0 Å². The summed E-state index contributed by atoms with van der Waals surface area (Å²) in [6, 6.07) is 64.3. The van der Waals surface area contributed by atoms with Gasteiger partial charge < -0.3 is 14.0 Å². The minimum Gasteiger partial charge on any atom is -0.310 e. The van der Waals surface area contributed by atoms with Gasteiger partial charge in [0.15, 0.2) is 0 Å². The number of para-hydroxylation sites is 3. The Morgan fingerprint density at radius 2 is 1.08 bits per heavy atom. The number of aromatic nitrogens is 2. The Balaban J connectivity index is 1.24. The summed E-state index contributed by atoms with van der Waals surface area (Å²) in [6.45, 7) is 13.9. The Morgan fingerprint density at radius 3 is 1.79 bits per heavy atom. The molecule has 0 saturated heterocycles. The van der Waals surface area contributed by atoms with Gasteiger partial charge in [0.25, 0.3) is 6.71 Å². The molecule has 5 heteroatoms. The van der Waals surface area contributed by atoms with E-state index in [0.717, 1.165) is 0 Å². The maximum Gasteiger partial charge on any atom is 0.264 e. The third kappa shape index (κ3) is 5.14. The third-order valence-electron chi connectivity index (χ3n) is 14.0. The summed E-state index contributed by atoms with van der Waals surface area (Å²) in [5, 5.41) is 6.48. The van der Waals surface area contributed by atoms with E-state index < -0.39 is 0 Å². The summed E-state index contributed by atoms with van der Waals surface area (Å²) in [6.07, 6.45) is 0. The minimum absolute atomic E-state index is 0.00163. The van der Waals surface area contributed by atoms with E-state index >= 15 is 0 Å². The van der Waals surface area contributed by atoms with Crippen molar-refractivity contribution in [1.29, 1.82) is 0 Å². The molecule has 2 aliphatic heterocycles. The van der Waals surface area contributed by atoms with Gasteiger partial charge in [-0.2, -0.15) is 0 Å². The van der Waals surface area contributed by atoms with E-state index in [1.807, 2.05) is 11.3 Å². The first-order valence-electron chi connectivity index (χ1n) is 22.3. The standard InChI is InChI=1S/C58H46BN3S/c1-57(2,3)37-25-28-40(29-26-37)61-48-31-36(35-17-9-7-10-18-35)32-49-52(48)59(56-54(61)44-33-38(58(4,5)6)27-30-50(44)63-56)45-34-43-41-21-13-15-23-46(41)60(39-19-11-8-12-20-39)53(43)51-42-22-14-16-24-47(42)62(49)55(45)51/h7-34H,1-6H3. The second-order valence-electron chi connectivity index (χ2n) is 19.8. The van der Waals surface area contributed by atoms with Crippen LogP contribution >= 0.6 is 11.3 Å². The molecule has 2 aliphatic rings. The summed E-state index contributed by atoms with van der Waals surface area (Å²) < 4.78 is 7.88. The largest absolute Gasteiger partial charge is 0.310 e. The van der Waals surface area contributed by atoms with Crippen LogP contribution in [0.25, 0.3) is 76.2 Å². The lowest BCUT2D eigenvalue weighted by Crippen LogP contribution is -2.59. The first-order valence-corrected chi connectivity index (χ1v) is 23.1. The van der Waals surface area contributed by atoms with Crippen LogP contribution in [-0.2, 0) is 10.8 Å². The molecule has 8 aromatic carbocycles. The highest BCUT2D eigenvalue weighted by Gasteiger charge is 2.45. The SMILES string of the molecule is CC(C)(C)c1ccc(N2c3cc(-c4ccccc4)cc4c3B(c3sc5ccc(C(C)(C)C)cc5c32)c2cc3c5ccccc5n(-c5ccccc5)c3c3c5ccccc5n-4c23)cc1. The quantitative estimate of drug-likeness (QED) is 0.162. The maximum atomic E-state index is 2.63. The number of hydrogen-bond donors (Lipinski definition) is 0. The van der Waals surface area contributed by atoms with Gasteiger partial charge in [0.2, 0.25) is 0 Å². The second-order valence-corrected chi connectivity index (χ2v) is 20.8. The average Bonchev–Trinajstić information content (AvgIpc) is 3.96. The lowest BCUT2D eigenvalue weighted by atomic mass is 9.36. The van der Waals surface area contributed by atoms with Gasteiger partial charge in [0, 0.05) is 59.2 Å². The summed E-state index contributed by atoms with van der Waals surface area (Å²) in [7, 11) is 0. The summed E-state index contributed by atoms with van der Waals surface area (Å²) in [5.41, 5.74) is 19.1. The van der Waals surface area contributed by atoms with Crippen molar-refractivity contribution in [2.45, 2.75) is 52.4 Å². The minimum atomic E-state index is -0.00163. The van der Waals surface area contributed by atoms with Gasteiger partial charge in [-0.3, -0.25) is 0 Å². The fraction of sp³-hybridized carbons (Fsp3) is 0.138. The predicted octanol–water partition coefficient (Wildman–Crippen LogP) is 14.0. The Labute approximate surface area is 372 Å². The monoisotopic (exact) mass is 827 g/mol. The van der Waals surface area contributed by atoms with Gasteiger partial charge in [0.05, 0.1) is 27.8 Å². The zero-order valence-corrected chi connectivity index (χ0v) is 37.3. The molecule has 13 rings (SSSR count). The molecule has 0 spiro atoms. The molecule has 11 aromatic rings. The van der Waals surface area contributed by atoms with Crippen LogP contribution < -0.4 is 20.6 Å². The van der Waals surface area contributed by atoms with Crippen LogP contribution in [0, 0.1) is 0 Å². The van der Waals surface area contributed by atoms with E-state index in [-0.39, 0.29) is 17.5 Å². The molecule has 0 unspecified atom stereocenters. The lowest BCUT2D eigenvalue weighted by Gasteiger charge is -2.39.